The van der Waals surface area contributed by atoms with Crippen molar-refractivity contribution in [1.29, 1.82) is 0 Å². The number of piperidine rings is 1. The van der Waals surface area contributed by atoms with E-state index >= 15 is 0 Å². The first-order valence-electron chi connectivity index (χ1n) is 9.84. The zero-order chi connectivity index (χ0) is 18.6. The van der Waals surface area contributed by atoms with Gasteiger partial charge in [0.15, 0.2) is 5.11 Å². The quantitative estimate of drug-likeness (QED) is 0.788. The minimum Gasteiger partial charge on any atom is -0.356 e. The molecule has 2 N–H and O–H groups in total. The third kappa shape index (κ3) is 4.07. The molecule has 0 aliphatic carbocycles. The molecule has 4 heteroatoms. The Hall–Kier alpha value is -2.17. The van der Waals surface area contributed by atoms with Gasteiger partial charge >= 0.3 is 0 Å². The monoisotopic (exact) mass is 377 g/mol. The molecule has 0 amide bonds. The van der Waals surface area contributed by atoms with Gasteiger partial charge in [0.25, 0.3) is 0 Å². The van der Waals surface area contributed by atoms with Gasteiger partial charge in [-0.15, -0.1) is 0 Å². The predicted octanol–water partition coefficient (Wildman–Crippen LogP) is 4.00. The second-order valence-corrected chi connectivity index (χ2v) is 7.92. The van der Waals surface area contributed by atoms with Crippen molar-refractivity contribution >= 4 is 23.4 Å². The number of hydrogen-bond donors (Lipinski definition) is 2. The van der Waals surface area contributed by atoms with Crippen LogP contribution in [0.5, 0.6) is 0 Å². The van der Waals surface area contributed by atoms with Crippen molar-refractivity contribution in [2.24, 2.45) is 5.92 Å². The molecule has 140 valence electrons. The van der Waals surface area contributed by atoms with Gasteiger partial charge in [-0.2, -0.15) is 0 Å². The van der Waals surface area contributed by atoms with Crippen LogP contribution in [0.15, 0.2) is 66.2 Å². The van der Waals surface area contributed by atoms with E-state index in [0.29, 0.717) is 5.92 Å². The molecular formula is C23H27N3S. The van der Waals surface area contributed by atoms with Crippen LogP contribution in [0.4, 0.5) is 0 Å². The van der Waals surface area contributed by atoms with E-state index in [1.807, 2.05) is 0 Å². The normalized spacial score (nSPS) is 26.9. The number of nitrogens with zero attached hydrogens (tertiary/aromatic N) is 1. The highest BCUT2D eigenvalue weighted by atomic mass is 32.1. The number of hydrogen-bond acceptors (Lipinski definition) is 2. The number of nitrogens with one attached hydrogen (secondary N) is 2. The lowest BCUT2D eigenvalue weighted by atomic mass is 9.78. The summed E-state index contributed by atoms with van der Waals surface area (Å²) in [6.07, 6.45) is 3.52. The molecule has 2 aromatic carbocycles. The Morgan fingerprint density at radius 1 is 1.00 bits per heavy atom. The molecule has 2 fully saturated rings. The summed E-state index contributed by atoms with van der Waals surface area (Å²) < 4.78 is 0. The highest BCUT2D eigenvalue weighted by molar-refractivity contribution is 7.80. The van der Waals surface area contributed by atoms with Gasteiger partial charge in [0, 0.05) is 19.0 Å². The standard InChI is InChI=1S/C23H27N3S/c1-2-13-26-15-19(14-17-9-5-3-6-10-17)22-20(16-26)21(24-23(27)25-22)18-11-7-4-8-12-18/h3-12,14,20-22H,2,13,15-16H2,1H3,(H2,24,25,27)/b19-14-/t20-,21-,22+/m1/s1. The summed E-state index contributed by atoms with van der Waals surface area (Å²) in [4.78, 5) is 2.59. The molecule has 0 unspecified atom stereocenters. The predicted molar refractivity (Wildman–Crippen MR) is 116 cm³/mol. The highest BCUT2D eigenvalue weighted by Crippen LogP contribution is 2.35. The first kappa shape index (κ1) is 18.2. The summed E-state index contributed by atoms with van der Waals surface area (Å²) in [6.45, 7) is 5.46. The van der Waals surface area contributed by atoms with E-state index in [0.717, 1.165) is 24.7 Å². The lowest BCUT2D eigenvalue weighted by molar-refractivity contribution is 0.154. The maximum atomic E-state index is 5.59. The summed E-state index contributed by atoms with van der Waals surface area (Å²) in [6, 6.07) is 21.9. The van der Waals surface area contributed by atoms with E-state index in [4.69, 9.17) is 12.2 Å². The van der Waals surface area contributed by atoms with E-state index in [-0.39, 0.29) is 12.1 Å². The second kappa shape index (κ2) is 8.24. The zero-order valence-corrected chi connectivity index (χ0v) is 16.6. The van der Waals surface area contributed by atoms with Crippen LogP contribution in [0.1, 0.15) is 30.5 Å². The van der Waals surface area contributed by atoms with Gasteiger partial charge in [-0.1, -0.05) is 73.7 Å². The smallest absolute Gasteiger partial charge is 0.167 e. The number of rotatable bonds is 4. The lowest BCUT2D eigenvalue weighted by Crippen LogP contribution is -2.62. The molecular weight excluding hydrogens is 350 g/mol. The van der Waals surface area contributed by atoms with E-state index in [1.54, 1.807) is 0 Å². The lowest BCUT2D eigenvalue weighted by Gasteiger charge is -2.48. The zero-order valence-electron chi connectivity index (χ0n) is 15.8. The highest BCUT2D eigenvalue weighted by Gasteiger charge is 2.41. The molecule has 0 aromatic heterocycles. The SMILES string of the molecule is CCCN1C/C(=C/c2ccccc2)[C@@H]2NC(=S)N[C@H](c3ccccc3)[C@H]2C1. The van der Waals surface area contributed by atoms with Gasteiger partial charge in [0.05, 0.1) is 12.1 Å². The Bertz CT molecular complexity index is 803. The molecule has 27 heavy (non-hydrogen) atoms. The van der Waals surface area contributed by atoms with Gasteiger partial charge in [-0.3, -0.25) is 4.90 Å². The van der Waals surface area contributed by atoms with Crippen LogP contribution in [0, 0.1) is 5.92 Å². The molecule has 4 rings (SSSR count). The van der Waals surface area contributed by atoms with Crippen molar-refractivity contribution in [1.82, 2.24) is 15.5 Å². The maximum Gasteiger partial charge on any atom is 0.167 e. The number of likely N-dealkylation sites (tertiary alicyclic amines) is 1. The molecule has 2 aliphatic rings. The van der Waals surface area contributed by atoms with E-state index in [2.05, 4.69) is 89.2 Å². The molecule has 2 aromatic rings. The summed E-state index contributed by atoms with van der Waals surface area (Å²) in [5, 5.41) is 7.88. The van der Waals surface area contributed by atoms with Gasteiger partial charge in [-0.05, 0) is 41.9 Å². The topological polar surface area (TPSA) is 27.3 Å². The van der Waals surface area contributed by atoms with Gasteiger partial charge in [0.2, 0.25) is 0 Å². The van der Waals surface area contributed by atoms with Crippen molar-refractivity contribution in [3.8, 4) is 0 Å². The fraction of sp³-hybridized carbons (Fsp3) is 0.348. The summed E-state index contributed by atoms with van der Waals surface area (Å²) in [5.41, 5.74) is 4.00. The van der Waals surface area contributed by atoms with Crippen LogP contribution in [-0.2, 0) is 0 Å². The average molecular weight is 378 g/mol. The first-order chi connectivity index (χ1) is 13.2. The number of thiocarbonyl (C=S) groups is 1. The minimum atomic E-state index is 0.240. The average Bonchev–Trinajstić information content (AvgIpc) is 2.70. The summed E-state index contributed by atoms with van der Waals surface area (Å²) >= 11 is 5.59. The Kier molecular flexibility index (Phi) is 5.55. The molecule has 0 radical (unpaired) electrons. The van der Waals surface area contributed by atoms with Gasteiger partial charge < -0.3 is 10.6 Å². The first-order valence-corrected chi connectivity index (χ1v) is 10.3. The second-order valence-electron chi connectivity index (χ2n) is 7.51. The van der Waals surface area contributed by atoms with Crippen molar-refractivity contribution in [2.75, 3.05) is 19.6 Å². The molecule has 2 saturated heterocycles. The number of fused-ring (bicyclic) bond motifs is 1. The fourth-order valence-electron chi connectivity index (χ4n) is 4.40. The van der Waals surface area contributed by atoms with Crippen LogP contribution in [0.3, 0.4) is 0 Å². The summed E-state index contributed by atoms with van der Waals surface area (Å²) in [5.74, 6) is 0.439. The molecule has 3 atom stereocenters. The Balaban J connectivity index is 1.71. The summed E-state index contributed by atoms with van der Waals surface area (Å²) in [7, 11) is 0. The van der Waals surface area contributed by atoms with Crippen LogP contribution in [-0.4, -0.2) is 35.7 Å². The van der Waals surface area contributed by atoms with Crippen molar-refractivity contribution in [3.05, 3.63) is 77.4 Å². The Morgan fingerprint density at radius 2 is 1.67 bits per heavy atom. The van der Waals surface area contributed by atoms with Crippen molar-refractivity contribution in [2.45, 2.75) is 25.4 Å². The third-order valence-electron chi connectivity index (χ3n) is 5.55. The Labute approximate surface area is 167 Å². The minimum absolute atomic E-state index is 0.240. The van der Waals surface area contributed by atoms with Crippen molar-refractivity contribution in [3.63, 3.8) is 0 Å². The molecule has 2 aliphatic heterocycles. The molecule has 3 nitrogen and oxygen atoms in total. The molecule has 0 saturated carbocycles. The van der Waals surface area contributed by atoms with Crippen LogP contribution in [0.2, 0.25) is 0 Å². The molecule has 0 bridgehead atoms. The fourth-order valence-corrected chi connectivity index (χ4v) is 4.66. The van der Waals surface area contributed by atoms with E-state index < -0.39 is 0 Å². The van der Waals surface area contributed by atoms with Gasteiger partial charge in [0.1, 0.15) is 0 Å². The Morgan fingerprint density at radius 3 is 2.37 bits per heavy atom. The van der Waals surface area contributed by atoms with Crippen LogP contribution in [0.25, 0.3) is 6.08 Å². The van der Waals surface area contributed by atoms with Crippen LogP contribution < -0.4 is 10.6 Å². The van der Waals surface area contributed by atoms with Gasteiger partial charge in [-0.25, -0.2) is 0 Å². The van der Waals surface area contributed by atoms with E-state index in [9.17, 15) is 0 Å². The number of benzene rings is 2. The maximum absolute atomic E-state index is 5.59. The molecule has 0 spiro atoms. The van der Waals surface area contributed by atoms with Crippen molar-refractivity contribution < 1.29 is 0 Å². The van der Waals surface area contributed by atoms with E-state index in [1.165, 1.54) is 23.1 Å². The molecule has 2 heterocycles. The van der Waals surface area contributed by atoms with Crippen LogP contribution >= 0.6 is 12.2 Å². The largest absolute Gasteiger partial charge is 0.356 e. The third-order valence-corrected chi connectivity index (χ3v) is 5.79.